The van der Waals surface area contributed by atoms with Crippen molar-refractivity contribution in [1.82, 2.24) is 10.2 Å². The number of aryl methyl sites for hydroxylation is 1. The highest BCUT2D eigenvalue weighted by molar-refractivity contribution is 7.97. The minimum Gasteiger partial charge on any atom is -0.360 e. The summed E-state index contributed by atoms with van der Waals surface area (Å²) in [6.07, 6.45) is 0. The van der Waals surface area contributed by atoms with Crippen molar-refractivity contribution in [1.29, 1.82) is 0 Å². The zero-order chi connectivity index (χ0) is 15.5. The lowest BCUT2D eigenvalue weighted by molar-refractivity contribution is 0.155. The van der Waals surface area contributed by atoms with Gasteiger partial charge in [0.15, 0.2) is 0 Å². The van der Waals surface area contributed by atoms with Crippen molar-refractivity contribution in [2.45, 2.75) is 32.6 Å². The Kier molecular flexibility index (Phi) is 5.24. The van der Waals surface area contributed by atoms with Gasteiger partial charge in [0.25, 0.3) is 0 Å². The minimum absolute atomic E-state index is 0.367. The maximum atomic E-state index is 5.58. The van der Waals surface area contributed by atoms with Crippen molar-refractivity contribution in [3.63, 3.8) is 0 Å². The number of nitrogens with zero attached hydrogens (tertiary/aromatic N) is 2. The lowest BCUT2D eigenvalue weighted by Crippen LogP contribution is -2.21. The van der Waals surface area contributed by atoms with Gasteiger partial charge in [0.1, 0.15) is 6.73 Å². The lowest BCUT2D eigenvalue weighted by Gasteiger charge is -2.14. The van der Waals surface area contributed by atoms with Crippen molar-refractivity contribution in [3.8, 4) is 0 Å². The van der Waals surface area contributed by atoms with E-state index in [0.717, 1.165) is 34.8 Å². The maximum absolute atomic E-state index is 5.58. The largest absolute Gasteiger partial charge is 0.360 e. The number of ether oxygens (including phenoxy) is 1. The van der Waals surface area contributed by atoms with E-state index in [1.807, 2.05) is 19.1 Å². The molecule has 2 rings (SSSR count). The average Bonchev–Trinajstić information content (AvgIpc) is 2.78. The Balaban J connectivity index is 1.96. The first-order chi connectivity index (χ1) is 9.87. The Morgan fingerprint density at radius 1 is 1.38 bits per heavy atom. The van der Waals surface area contributed by atoms with Crippen molar-refractivity contribution in [3.05, 3.63) is 29.5 Å². The molecule has 0 atom stereocenters. The zero-order valence-electron chi connectivity index (χ0n) is 13.1. The lowest BCUT2D eigenvalue weighted by atomic mass is 10.1. The molecule has 0 fully saturated rings. The standard InChI is InChI=1S/C15H23N3OSSi/c1-11-13-9-12(5-6-14(13)18-17-11)15(20)16-10-19-7-8-21(2,3)4/h5-6,9H,7-8,10H2,1-4H3,(H,16,20)(H,17,18). The monoisotopic (exact) mass is 321 g/mol. The number of rotatable bonds is 6. The molecule has 2 aromatic rings. The fraction of sp³-hybridized carbons (Fsp3) is 0.467. The maximum Gasteiger partial charge on any atom is 0.138 e. The normalized spacial score (nSPS) is 13.1. The third kappa shape index (κ3) is 4.69. The molecular formula is C15H23N3OSSi. The van der Waals surface area contributed by atoms with E-state index < -0.39 is 8.07 Å². The van der Waals surface area contributed by atoms with Crippen LogP contribution in [0.25, 0.3) is 10.9 Å². The molecule has 0 bridgehead atoms. The SMILES string of the molecule is Cc1n[nH]c2ccc(/C(S)=N/COCC[Si](C)(C)C)cc12. The van der Waals surface area contributed by atoms with Crippen molar-refractivity contribution in [2.24, 2.45) is 4.99 Å². The number of aromatic nitrogens is 2. The Labute approximate surface area is 132 Å². The van der Waals surface area contributed by atoms with Crippen molar-refractivity contribution < 1.29 is 4.74 Å². The van der Waals surface area contributed by atoms with Gasteiger partial charge in [0.2, 0.25) is 0 Å². The predicted molar refractivity (Wildman–Crippen MR) is 95.3 cm³/mol. The summed E-state index contributed by atoms with van der Waals surface area (Å²) in [5.74, 6) is 0. The zero-order valence-corrected chi connectivity index (χ0v) is 15.0. The van der Waals surface area contributed by atoms with Crippen LogP contribution in [-0.4, -0.2) is 36.7 Å². The second kappa shape index (κ2) is 6.77. The third-order valence-electron chi connectivity index (χ3n) is 3.31. The van der Waals surface area contributed by atoms with E-state index in [-0.39, 0.29) is 0 Å². The van der Waals surface area contributed by atoms with Crippen LogP contribution in [0.2, 0.25) is 25.7 Å². The van der Waals surface area contributed by atoms with Crippen molar-refractivity contribution >= 4 is 36.6 Å². The fourth-order valence-corrected chi connectivity index (χ4v) is 2.88. The van der Waals surface area contributed by atoms with E-state index in [2.05, 4.69) is 53.5 Å². The summed E-state index contributed by atoms with van der Waals surface area (Å²) in [6.45, 7) is 10.1. The molecule has 114 valence electrons. The highest BCUT2D eigenvalue weighted by Gasteiger charge is 2.11. The van der Waals surface area contributed by atoms with Crippen LogP contribution in [0.1, 0.15) is 11.3 Å². The van der Waals surface area contributed by atoms with Gasteiger partial charge in [0, 0.05) is 25.6 Å². The summed E-state index contributed by atoms with van der Waals surface area (Å²) < 4.78 is 5.58. The topological polar surface area (TPSA) is 50.3 Å². The molecular weight excluding hydrogens is 298 g/mol. The summed E-state index contributed by atoms with van der Waals surface area (Å²) in [5.41, 5.74) is 3.01. The first-order valence-corrected chi connectivity index (χ1v) is 11.3. The highest BCUT2D eigenvalue weighted by Crippen LogP contribution is 2.18. The summed E-state index contributed by atoms with van der Waals surface area (Å²) in [5, 5.41) is 8.99. The smallest absolute Gasteiger partial charge is 0.138 e. The van der Waals surface area contributed by atoms with Crippen LogP contribution in [0.3, 0.4) is 0 Å². The minimum atomic E-state index is -1.03. The average molecular weight is 322 g/mol. The molecule has 0 aliphatic carbocycles. The van der Waals surface area contributed by atoms with Crippen LogP contribution in [0.4, 0.5) is 0 Å². The molecule has 1 aromatic heterocycles. The van der Waals surface area contributed by atoms with Crippen LogP contribution >= 0.6 is 12.6 Å². The van der Waals surface area contributed by atoms with Crippen LogP contribution in [0, 0.1) is 6.92 Å². The molecule has 0 aliphatic heterocycles. The van der Waals surface area contributed by atoms with Gasteiger partial charge in [-0.15, -0.1) is 12.6 Å². The number of H-pyrrole nitrogens is 1. The Morgan fingerprint density at radius 2 is 2.14 bits per heavy atom. The number of thiol groups is 1. The number of aliphatic imine (C=N–C) groups is 1. The van der Waals surface area contributed by atoms with Gasteiger partial charge in [0.05, 0.1) is 16.3 Å². The molecule has 0 amide bonds. The second-order valence-corrected chi connectivity index (χ2v) is 12.4. The predicted octanol–water partition coefficient (Wildman–Crippen LogP) is 3.86. The molecule has 4 nitrogen and oxygen atoms in total. The van der Waals surface area contributed by atoms with E-state index in [4.69, 9.17) is 4.74 Å². The molecule has 0 spiro atoms. The quantitative estimate of drug-likeness (QED) is 0.279. The van der Waals surface area contributed by atoms with E-state index >= 15 is 0 Å². The van der Waals surface area contributed by atoms with Gasteiger partial charge in [-0.1, -0.05) is 25.7 Å². The molecule has 0 unspecified atom stereocenters. The van der Waals surface area contributed by atoms with E-state index in [0.29, 0.717) is 11.8 Å². The molecule has 6 heteroatoms. The molecule has 0 aliphatic rings. The van der Waals surface area contributed by atoms with Crippen LogP contribution in [0.15, 0.2) is 23.2 Å². The first kappa shape index (κ1) is 16.3. The highest BCUT2D eigenvalue weighted by atomic mass is 32.1. The Morgan fingerprint density at radius 3 is 2.86 bits per heavy atom. The second-order valence-electron chi connectivity index (χ2n) is 6.40. The number of nitrogens with one attached hydrogen (secondary N) is 1. The summed E-state index contributed by atoms with van der Waals surface area (Å²) in [6, 6.07) is 7.21. The number of hydrogen-bond acceptors (Lipinski definition) is 3. The molecule has 1 heterocycles. The number of fused-ring (bicyclic) bond motifs is 1. The van der Waals surface area contributed by atoms with Crippen LogP contribution < -0.4 is 0 Å². The number of hydrogen-bond donors (Lipinski definition) is 2. The van der Waals surface area contributed by atoms with Gasteiger partial charge in [-0.25, -0.2) is 0 Å². The Hall–Kier alpha value is -1.11. The molecule has 1 aromatic carbocycles. The van der Waals surface area contributed by atoms with Gasteiger partial charge in [-0.2, -0.15) is 5.10 Å². The van der Waals surface area contributed by atoms with Gasteiger partial charge >= 0.3 is 0 Å². The molecule has 1 N–H and O–H groups in total. The van der Waals surface area contributed by atoms with E-state index in [1.54, 1.807) is 0 Å². The molecule has 21 heavy (non-hydrogen) atoms. The van der Waals surface area contributed by atoms with E-state index in [1.165, 1.54) is 0 Å². The van der Waals surface area contributed by atoms with Gasteiger partial charge in [-0.3, -0.25) is 10.1 Å². The third-order valence-corrected chi connectivity index (χ3v) is 5.42. The summed E-state index contributed by atoms with van der Waals surface area (Å²) in [4.78, 5) is 4.38. The molecule has 0 radical (unpaired) electrons. The Bertz CT molecular complexity index is 646. The fourth-order valence-electron chi connectivity index (χ4n) is 1.93. The van der Waals surface area contributed by atoms with Crippen molar-refractivity contribution in [2.75, 3.05) is 13.3 Å². The molecule has 0 saturated carbocycles. The van der Waals surface area contributed by atoms with Crippen LogP contribution in [0.5, 0.6) is 0 Å². The first-order valence-electron chi connectivity index (χ1n) is 7.13. The number of benzene rings is 1. The molecule has 0 saturated heterocycles. The summed E-state index contributed by atoms with van der Waals surface area (Å²) >= 11 is 4.47. The van der Waals surface area contributed by atoms with Crippen LogP contribution in [-0.2, 0) is 4.74 Å². The summed E-state index contributed by atoms with van der Waals surface area (Å²) in [7, 11) is -1.03. The van der Waals surface area contributed by atoms with E-state index in [9.17, 15) is 0 Å². The van der Waals surface area contributed by atoms with Gasteiger partial charge in [-0.05, 0) is 25.1 Å². The number of aromatic amines is 1. The van der Waals surface area contributed by atoms with Gasteiger partial charge < -0.3 is 4.74 Å².